The molecule has 20 heavy (non-hydrogen) atoms. The third-order valence-corrected chi connectivity index (χ3v) is 2.83. The molecule has 2 rings (SSSR count). The summed E-state index contributed by atoms with van der Waals surface area (Å²) in [5.41, 5.74) is 6.96. The molecule has 3 N–H and O–H groups in total. The largest absolute Gasteiger partial charge is 0.439 e. The van der Waals surface area contributed by atoms with Crippen molar-refractivity contribution in [3.63, 3.8) is 0 Å². The fraction of sp³-hybridized carbons (Fsp3) is 0.333. The second-order valence-corrected chi connectivity index (χ2v) is 4.48. The zero-order valence-electron chi connectivity index (χ0n) is 11.9. The number of nitrogen functional groups attached to an aromatic ring is 1. The number of aromatic nitrogens is 2. The molecule has 0 fully saturated rings. The van der Waals surface area contributed by atoms with Crippen LogP contribution in [0.5, 0.6) is 11.6 Å². The van der Waals surface area contributed by atoms with Crippen molar-refractivity contribution in [2.45, 2.75) is 26.7 Å². The molecular weight excluding hydrogens is 252 g/mol. The van der Waals surface area contributed by atoms with Gasteiger partial charge in [-0.2, -0.15) is 9.97 Å². The van der Waals surface area contributed by atoms with Crippen molar-refractivity contribution in [2.24, 2.45) is 0 Å². The summed E-state index contributed by atoms with van der Waals surface area (Å²) in [6.45, 7) is 5.04. The van der Waals surface area contributed by atoms with Crippen LogP contribution in [0.15, 0.2) is 30.3 Å². The van der Waals surface area contributed by atoms with Crippen LogP contribution in [-0.2, 0) is 6.42 Å². The van der Waals surface area contributed by atoms with Gasteiger partial charge in [0.15, 0.2) is 0 Å². The molecule has 1 heterocycles. The molecule has 1 aromatic carbocycles. The second kappa shape index (κ2) is 6.75. The maximum absolute atomic E-state index is 5.71. The van der Waals surface area contributed by atoms with Gasteiger partial charge in [-0.15, -0.1) is 0 Å². The first-order valence-electron chi connectivity index (χ1n) is 6.86. The lowest BCUT2D eigenvalue weighted by molar-refractivity contribution is 0.463. The molecule has 2 aromatic rings. The van der Waals surface area contributed by atoms with Crippen molar-refractivity contribution in [3.05, 3.63) is 35.9 Å². The molecule has 0 atom stereocenters. The van der Waals surface area contributed by atoms with Gasteiger partial charge in [-0.3, -0.25) is 0 Å². The van der Waals surface area contributed by atoms with E-state index in [2.05, 4.69) is 29.1 Å². The number of anilines is 2. The molecule has 0 bridgehead atoms. The summed E-state index contributed by atoms with van der Waals surface area (Å²) < 4.78 is 5.71. The highest BCUT2D eigenvalue weighted by molar-refractivity contribution is 5.44. The van der Waals surface area contributed by atoms with Crippen molar-refractivity contribution < 1.29 is 4.74 Å². The van der Waals surface area contributed by atoms with Crippen molar-refractivity contribution in [2.75, 3.05) is 17.6 Å². The van der Waals surface area contributed by atoms with E-state index in [0.29, 0.717) is 11.7 Å². The second-order valence-electron chi connectivity index (χ2n) is 4.48. The number of nitrogens with zero attached hydrogens (tertiary/aromatic N) is 2. The Balaban J connectivity index is 2.12. The van der Waals surface area contributed by atoms with E-state index >= 15 is 0 Å². The van der Waals surface area contributed by atoms with Gasteiger partial charge in [-0.1, -0.05) is 26.0 Å². The van der Waals surface area contributed by atoms with Gasteiger partial charge in [0, 0.05) is 12.6 Å². The number of hydrogen-bond acceptors (Lipinski definition) is 5. The van der Waals surface area contributed by atoms with E-state index in [0.717, 1.165) is 25.1 Å². The van der Waals surface area contributed by atoms with E-state index < -0.39 is 0 Å². The molecule has 0 saturated carbocycles. The van der Waals surface area contributed by atoms with Crippen LogP contribution in [0, 0.1) is 0 Å². The van der Waals surface area contributed by atoms with Crippen molar-refractivity contribution in [3.8, 4) is 11.6 Å². The van der Waals surface area contributed by atoms with Gasteiger partial charge < -0.3 is 15.8 Å². The summed E-state index contributed by atoms with van der Waals surface area (Å²) in [5.74, 6) is 2.06. The molecule has 0 unspecified atom stereocenters. The number of benzene rings is 1. The van der Waals surface area contributed by atoms with Gasteiger partial charge in [0.1, 0.15) is 11.6 Å². The molecule has 5 heteroatoms. The molecule has 106 valence electrons. The molecule has 1 aromatic heterocycles. The Kier molecular flexibility index (Phi) is 4.76. The highest BCUT2D eigenvalue weighted by Crippen LogP contribution is 2.22. The molecule has 0 amide bonds. The molecule has 0 aliphatic heterocycles. The molecule has 0 saturated heterocycles. The van der Waals surface area contributed by atoms with Crippen LogP contribution in [0.3, 0.4) is 0 Å². The van der Waals surface area contributed by atoms with Crippen molar-refractivity contribution in [1.29, 1.82) is 0 Å². The van der Waals surface area contributed by atoms with Crippen LogP contribution in [0.1, 0.15) is 25.8 Å². The van der Waals surface area contributed by atoms with Gasteiger partial charge in [0.05, 0.1) is 0 Å². The van der Waals surface area contributed by atoms with Gasteiger partial charge in [0.2, 0.25) is 11.8 Å². The van der Waals surface area contributed by atoms with Crippen LogP contribution in [0.4, 0.5) is 11.8 Å². The van der Waals surface area contributed by atoms with Gasteiger partial charge in [-0.05, 0) is 30.5 Å². The van der Waals surface area contributed by atoms with Crippen LogP contribution in [-0.4, -0.2) is 16.5 Å². The van der Waals surface area contributed by atoms with E-state index in [-0.39, 0.29) is 5.95 Å². The molecule has 0 aliphatic carbocycles. The average molecular weight is 272 g/mol. The molecule has 0 radical (unpaired) electrons. The summed E-state index contributed by atoms with van der Waals surface area (Å²) in [6, 6.07) is 9.68. The Morgan fingerprint density at radius 2 is 1.90 bits per heavy atom. The molecule has 0 aliphatic rings. The highest BCUT2D eigenvalue weighted by atomic mass is 16.5. The Bertz CT molecular complexity index is 554. The third-order valence-electron chi connectivity index (χ3n) is 2.83. The fourth-order valence-electron chi connectivity index (χ4n) is 1.75. The topological polar surface area (TPSA) is 73.1 Å². The number of rotatable bonds is 6. The Labute approximate surface area is 119 Å². The van der Waals surface area contributed by atoms with Crippen LogP contribution >= 0.6 is 0 Å². The number of nitrogens with two attached hydrogens (primary N) is 1. The van der Waals surface area contributed by atoms with Crippen LogP contribution in [0.25, 0.3) is 0 Å². The van der Waals surface area contributed by atoms with Crippen molar-refractivity contribution in [1.82, 2.24) is 9.97 Å². The zero-order chi connectivity index (χ0) is 14.4. The highest BCUT2D eigenvalue weighted by Gasteiger charge is 2.04. The first kappa shape index (κ1) is 14.1. The predicted octanol–water partition coefficient (Wildman–Crippen LogP) is 3.24. The lowest BCUT2D eigenvalue weighted by atomic mass is 10.2. The van der Waals surface area contributed by atoms with E-state index in [4.69, 9.17) is 10.5 Å². The van der Waals surface area contributed by atoms with E-state index in [1.54, 1.807) is 6.07 Å². The summed E-state index contributed by atoms with van der Waals surface area (Å²) in [7, 11) is 0. The minimum Gasteiger partial charge on any atom is -0.439 e. The standard InChI is InChI=1S/C15H20N4O/c1-3-9-17-13-10-14(19-15(16)18-13)20-12-7-5-11(4-2)6-8-12/h5-8,10H,3-4,9H2,1-2H3,(H3,16,17,18,19). The van der Waals surface area contributed by atoms with E-state index in [1.807, 2.05) is 24.3 Å². The van der Waals surface area contributed by atoms with Gasteiger partial charge in [-0.25, -0.2) is 0 Å². The van der Waals surface area contributed by atoms with Crippen LogP contribution < -0.4 is 15.8 Å². The Morgan fingerprint density at radius 1 is 1.15 bits per heavy atom. The molecule has 5 nitrogen and oxygen atoms in total. The minimum absolute atomic E-state index is 0.200. The van der Waals surface area contributed by atoms with Gasteiger partial charge >= 0.3 is 0 Å². The summed E-state index contributed by atoms with van der Waals surface area (Å²) in [4.78, 5) is 8.20. The minimum atomic E-state index is 0.200. The monoisotopic (exact) mass is 272 g/mol. The molecular formula is C15H20N4O. The van der Waals surface area contributed by atoms with Crippen LogP contribution in [0.2, 0.25) is 0 Å². The normalized spacial score (nSPS) is 10.3. The first-order valence-corrected chi connectivity index (χ1v) is 6.86. The maximum atomic E-state index is 5.71. The van der Waals surface area contributed by atoms with E-state index in [9.17, 15) is 0 Å². The summed E-state index contributed by atoms with van der Waals surface area (Å²) in [6.07, 6.45) is 2.02. The summed E-state index contributed by atoms with van der Waals surface area (Å²) in [5, 5.41) is 3.17. The molecule has 0 spiro atoms. The third kappa shape index (κ3) is 3.85. The number of hydrogen-bond donors (Lipinski definition) is 2. The summed E-state index contributed by atoms with van der Waals surface area (Å²) >= 11 is 0. The SMILES string of the molecule is CCCNc1cc(Oc2ccc(CC)cc2)nc(N)n1. The number of ether oxygens (including phenoxy) is 1. The Hall–Kier alpha value is -2.30. The number of aryl methyl sites for hydroxylation is 1. The van der Waals surface area contributed by atoms with Gasteiger partial charge in [0.25, 0.3) is 0 Å². The number of nitrogens with one attached hydrogen (secondary N) is 1. The Morgan fingerprint density at radius 3 is 2.55 bits per heavy atom. The quantitative estimate of drug-likeness (QED) is 0.844. The smallest absolute Gasteiger partial charge is 0.226 e. The lowest BCUT2D eigenvalue weighted by Gasteiger charge is -2.09. The zero-order valence-corrected chi connectivity index (χ0v) is 11.9. The fourth-order valence-corrected chi connectivity index (χ4v) is 1.75. The first-order chi connectivity index (χ1) is 9.71. The predicted molar refractivity (Wildman–Crippen MR) is 81.1 cm³/mol. The van der Waals surface area contributed by atoms with Crippen molar-refractivity contribution >= 4 is 11.8 Å². The lowest BCUT2D eigenvalue weighted by Crippen LogP contribution is -2.05. The average Bonchev–Trinajstić information content (AvgIpc) is 2.45. The maximum Gasteiger partial charge on any atom is 0.226 e. The van der Waals surface area contributed by atoms with E-state index in [1.165, 1.54) is 5.56 Å².